The molecule has 2 aromatic rings. The number of anilines is 1. The standard InChI is InChI=1S/C15H7Cl2NO4/c16-10-5-7(15(21)22)6-11(12(10)17)18-13(19)8-3-1-2-4-9(8)14(18)20/h1-6H,(H,21,22). The molecule has 0 bridgehead atoms. The molecule has 1 aliphatic heterocycles. The number of halogens is 2. The molecule has 3 rings (SSSR count). The number of amides is 2. The van der Waals surface area contributed by atoms with Crippen molar-refractivity contribution in [3.05, 3.63) is 63.1 Å². The molecule has 2 aromatic carbocycles. The summed E-state index contributed by atoms with van der Waals surface area (Å²) in [5, 5.41) is 8.98. The second-order valence-electron chi connectivity index (χ2n) is 4.59. The van der Waals surface area contributed by atoms with Gasteiger partial charge in [-0.15, -0.1) is 0 Å². The highest BCUT2D eigenvalue weighted by Gasteiger charge is 2.38. The van der Waals surface area contributed by atoms with Gasteiger partial charge in [0.25, 0.3) is 11.8 Å². The molecule has 0 unspecified atom stereocenters. The molecule has 1 N–H and O–H groups in total. The van der Waals surface area contributed by atoms with Crippen LogP contribution in [0.1, 0.15) is 31.1 Å². The maximum Gasteiger partial charge on any atom is 0.335 e. The summed E-state index contributed by atoms with van der Waals surface area (Å²) in [5.74, 6) is -2.38. The van der Waals surface area contributed by atoms with Crippen LogP contribution in [0.4, 0.5) is 5.69 Å². The Morgan fingerprint density at radius 1 is 1.00 bits per heavy atom. The number of imide groups is 1. The zero-order chi connectivity index (χ0) is 16.0. The highest BCUT2D eigenvalue weighted by atomic mass is 35.5. The summed E-state index contributed by atoms with van der Waals surface area (Å²) in [6.45, 7) is 0. The van der Waals surface area contributed by atoms with Gasteiger partial charge in [0.1, 0.15) is 0 Å². The van der Waals surface area contributed by atoms with E-state index in [1.165, 1.54) is 12.1 Å². The predicted octanol–water partition coefficient (Wildman–Crippen LogP) is 3.49. The second kappa shape index (κ2) is 5.12. The number of rotatable bonds is 2. The van der Waals surface area contributed by atoms with E-state index in [1.807, 2.05) is 0 Å². The lowest BCUT2D eigenvalue weighted by atomic mass is 10.1. The Morgan fingerprint density at radius 3 is 2.05 bits per heavy atom. The molecular formula is C15H7Cl2NO4. The number of carbonyl (C=O) groups is 3. The van der Waals surface area contributed by atoms with Crippen molar-refractivity contribution in [3.8, 4) is 0 Å². The van der Waals surface area contributed by atoms with E-state index in [0.29, 0.717) is 0 Å². The van der Waals surface area contributed by atoms with Crippen molar-refractivity contribution in [3.63, 3.8) is 0 Å². The Bertz CT molecular complexity index is 812. The summed E-state index contributed by atoms with van der Waals surface area (Å²) in [4.78, 5) is 36.8. The fourth-order valence-electron chi connectivity index (χ4n) is 2.27. The van der Waals surface area contributed by atoms with Crippen molar-refractivity contribution >= 4 is 46.7 Å². The minimum Gasteiger partial charge on any atom is -0.478 e. The molecule has 2 amide bonds. The molecule has 110 valence electrons. The van der Waals surface area contributed by atoms with Crippen LogP contribution in [0.15, 0.2) is 36.4 Å². The lowest BCUT2D eigenvalue weighted by Crippen LogP contribution is -2.30. The molecule has 22 heavy (non-hydrogen) atoms. The molecule has 0 aromatic heterocycles. The third-order valence-corrected chi connectivity index (χ3v) is 4.08. The van der Waals surface area contributed by atoms with Crippen LogP contribution in [0.3, 0.4) is 0 Å². The number of carboxylic acid groups (broad SMARTS) is 1. The van der Waals surface area contributed by atoms with Crippen LogP contribution in [0, 0.1) is 0 Å². The number of nitrogens with zero attached hydrogens (tertiary/aromatic N) is 1. The average Bonchev–Trinajstić information content (AvgIpc) is 2.74. The van der Waals surface area contributed by atoms with Gasteiger partial charge >= 0.3 is 5.97 Å². The number of fused-ring (bicyclic) bond motifs is 1. The van der Waals surface area contributed by atoms with E-state index in [4.69, 9.17) is 28.3 Å². The molecule has 0 spiro atoms. The van der Waals surface area contributed by atoms with E-state index < -0.39 is 17.8 Å². The maximum absolute atomic E-state index is 12.4. The molecule has 0 radical (unpaired) electrons. The van der Waals surface area contributed by atoms with Crippen LogP contribution in [0.2, 0.25) is 10.0 Å². The molecule has 0 atom stereocenters. The number of hydrogen-bond acceptors (Lipinski definition) is 3. The van der Waals surface area contributed by atoms with Gasteiger partial charge in [-0.05, 0) is 24.3 Å². The first-order chi connectivity index (χ1) is 10.4. The molecular weight excluding hydrogens is 329 g/mol. The molecule has 0 saturated heterocycles. The quantitative estimate of drug-likeness (QED) is 0.852. The largest absolute Gasteiger partial charge is 0.478 e. The van der Waals surface area contributed by atoms with Crippen LogP contribution in [-0.2, 0) is 0 Å². The van der Waals surface area contributed by atoms with Gasteiger partial charge in [0.05, 0.1) is 32.4 Å². The minimum absolute atomic E-state index is 0.0437. The van der Waals surface area contributed by atoms with Gasteiger partial charge < -0.3 is 5.11 Å². The third-order valence-electron chi connectivity index (χ3n) is 3.29. The molecule has 7 heteroatoms. The monoisotopic (exact) mass is 335 g/mol. The normalized spacial score (nSPS) is 13.5. The van der Waals surface area contributed by atoms with Gasteiger partial charge in [0.2, 0.25) is 0 Å². The van der Waals surface area contributed by atoms with Crippen LogP contribution < -0.4 is 4.90 Å². The molecule has 1 aliphatic rings. The summed E-state index contributed by atoms with van der Waals surface area (Å²) in [5.41, 5.74) is 0.263. The zero-order valence-corrected chi connectivity index (χ0v) is 12.4. The van der Waals surface area contributed by atoms with E-state index in [0.717, 1.165) is 17.0 Å². The first kappa shape index (κ1) is 14.6. The fourth-order valence-corrected chi connectivity index (χ4v) is 2.68. The van der Waals surface area contributed by atoms with Crippen LogP contribution in [0.5, 0.6) is 0 Å². The van der Waals surface area contributed by atoms with Gasteiger partial charge in [-0.3, -0.25) is 9.59 Å². The number of carbonyl (C=O) groups excluding carboxylic acids is 2. The molecule has 1 heterocycles. The van der Waals surface area contributed by atoms with Crippen molar-refractivity contribution in [1.82, 2.24) is 0 Å². The van der Waals surface area contributed by atoms with E-state index in [9.17, 15) is 14.4 Å². The minimum atomic E-state index is -1.24. The Morgan fingerprint density at radius 2 is 1.55 bits per heavy atom. The smallest absolute Gasteiger partial charge is 0.335 e. The summed E-state index contributed by atoms with van der Waals surface area (Å²) in [7, 11) is 0. The summed E-state index contributed by atoms with van der Waals surface area (Å²) in [6.07, 6.45) is 0. The van der Waals surface area contributed by atoms with Crippen molar-refractivity contribution in [2.24, 2.45) is 0 Å². The SMILES string of the molecule is O=C(O)c1cc(Cl)c(Cl)c(N2C(=O)c3ccccc3C2=O)c1. The number of aromatic carboxylic acids is 1. The first-order valence-electron chi connectivity index (χ1n) is 6.12. The maximum atomic E-state index is 12.4. The molecule has 0 aliphatic carbocycles. The van der Waals surface area contributed by atoms with Gasteiger partial charge in [-0.25, -0.2) is 9.69 Å². The Balaban J connectivity index is 2.20. The van der Waals surface area contributed by atoms with Gasteiger partial charge in [-0.2, -0.15) is 0 Å². The zero-order valence-electron chi connectivity index (χ0n) is 10.8. The van der Waals surface area contributed by atoms with Crippen LogP contribution in [0.25, 0.3) is 0 Å². The Labute approximate surface area is 134 Å². The van der Waals surface area contributed by atoms with Crippen molar-refractivity contribution in [2.75, 3.05) is 4.90 Å². The average molecular weight is 336 g/mol. The van der Waals surface area contributed by atoms with Crippen LogP contribution in [-0.4, -0.2) is 22.9 Å². The highest BCUT2D eigenvalue weighted by Crippen LogP contribution is 2.38. The molecule has 5 nitrogen and oxygen atoms in total. The lowest BCUT2D eigenvalue weighted by molar-refractivity contribution is 0.0695. The second-order valence-corrected chi connectivity index (χ2v) is 5.37. The topological polar surface area (TPSA) is 74.7 Å². The van der Waals surface area contributed by atoms with E-state index in [1.54, 1.807) is 12.1 Å². The van der Waals surface area contributed by atoms with Gasteiger partial charge in [0.15, 0.2) is 0 Å². The number of carboxylic acids is 1. The van der Waals surface area contributed by atoms with Gasteiger partial charge in [0, 0.05) is 0 Å². The summed E-state index contributed by atoms with van der Waals surface area (Å²) in [6, 6.07) is 8.62. The Hall–Kier alpha value is -2.37. The van der Waals surface area contributed by atoms with Crippen molar-refractivity contribution in [2.45, 2.75) is 0 Å². The predicted molar refractivity (Wildman–Crippen MR) is 81.0 cm³/mol. The van der Waals surface area contributed by atoms with E-state index >= 15 is 0 Å². The number of benzene rings is 2. The molecule has 0 fully saturated rings. The third kappa shape index (κ3) is 2.06. The van der Waals surface area contributed by atoms with Crippen LogP contribution >= 0.6 is 23.2 Å². The van der Waals surface area contributed by atoms with Crippen molar-refractivity contribution in [1.29, 1.82) is 0 Å². The number of hydrogen-bond donors (Lipinski definition) is 1. The first-order valence-corrected chi connectivity index (χ1v) is 6.87. The Kier molecular flexibility index (Phi) is 3.39. The van der Waals surface area contributed by atoms with E-state index in [-0.39, 0.29) is 32.4 Å². The van der Waals surface area contributed by atoms with Gasteiger partial charge in [-0.1, -0.05) is 35.3 Å². The molecule has 0 saturated carbocycles. The fraction of sp³-hybridized carbons (Fsp3) is 0. The lowest BCUT2D eigenvalue weighted by Gasteiger charge is -2.17. The summed E-state index contributed by atoms with van der Waals surface area (Å²) < 4.78 is 0. The van der Waals surface area contributed by atoms with Crippen molar-refractivity contribution < 1.29 is 19.5 Å². The highest BCUT2D eigenvalue weighted by molar-refractivity contribution is 6.46. The van der Waals surface area contributed by atoms with E-state index in [2.05, 4.69) is 0 Å². The summed E-state index contributed by atoms with van der Waals surface area (Å²) >= 11 is 12.0.